The van der Waals surface area contributed by atoms with Crippen molar-refractivity contribution in [3.8, 4) is 0 Å². The van der Waals surface area contributed by atoms with Crippen molar-refractivity contribution >= 4 is 11.6 Å². The highest BCUT2D eigenvalue weighted by Crippen LogP contribution is 2.28. The van der Waals surface area contributed by atoms with Gasteiger partial charge in [0.25, 0.3) is 0 Å². The molecule has 1 fully saturated rings. The largest absolute Gasteiger partial charge is 0.328 e. The van der Waals surface area contributed by atoms with E-state index in [-0.39, 0.29) is 0 Å². The Labute approximate surface area is 109 Å². The highest BCUT2D eigenvalue weighted by molar-refractivity contribution is 6.31. The second kappa shape index (κ2) is 5.88. The Morgan fingerprint density at radius 3 is 2.82 bits per heavy atom. The van der Waals surface area contributed by atoms with Gasteiger partial charge in [-0.3, -0.25) is 0 Å². The summed E-state index contributed by atoms with van der Waals surface area (Å²) in [5.74, 6) is 0.715. The minimum absolute atomic E-state index is 0.395. The van der Waals surface area contributed by atoms with E-state index in [4.69, 9.17) is 17.3 Å². The summed E-state index contributed by atoms with van der Waals surface area (Å²) >= 11 is 6.29. The minimum atomic E-state index is 0.395. The van der Waals surface area contributed by atoms with Gasteiger partial charge in [0.05, 0.1) is 0 Å². The molecule has 17 heavy (non-hydrogen) atoms. The van der Waals surface area contributed by atoms with Crippen LogP contribution >= 0.6 is 11.6 Å². The van der Waals surface area contributed by atoms with Gasteiger partial charge in [-0.2, -0.15) is 0 Å². The van der Waals surface area contributed by atoms with E-state index in [0.29, 0.717) is 12.0 Å². The van der Waals surface area contributed by atoms with Crippen molar-refractivity contribution in [2.45, 2.75) is 51.5 Å². The van der Waals surface area contributed by atoms with Gasteiger partial charge in [-0.25, -0.2) is 0 Å². The van der Waals surface area contributed by atoms with Gasteiger partial charge < -0.3 is 5.73 Å². The normalized spacial score (nSPS) is 25.6. The Kier molecular flexibility index (Phi) is 4.47. The molecule has 1 aliphatic rings. The zero-order chi connectivity index (χ0) is 12.3. The Hall–Kier alpha value is -0.530. The fourth-order valence-electron chi connectivity index (χ4n) is 2.82. The number of hydrogen-bond donors (Lipinski definition) is 1. The number of nitrogens with two attached hydrogens (primary N) is 1. The highest BCUT2D eigenvalue weighted by atomic mass is 35.5. The van der Waals surface area contributed by atoms with Gasteiger partial charge in [-0.15, -0.1) is 0 Å². The Morgan fingerprint density at radius 1 is 1.29 bits per heavy atom. The van der Waals surface area contributed by atoms with Gasteiger partial charge >= 0.3 is 0 Å². The molecule has 0 saturated heterocycles. The monoisotopic (exact) mass is 251 g/mol. The lowest BCUT2D eigenvalue weighted by molar-refractivity contribution is 0.431. The summed E-state index contributed by atoms with van der Waals surface area (Å²) in [5, 5.41) is 0.919. The van der Waals surface area contributed by atoms with Crippen molar-refractivity contribution in [3.63, 3.8) is 0 Å². The van der Waals surface area contributed by atoms with E-state index in [2.05, 4.69) is 25.1 Å². The van der Waals surface area contributed by atoms with Crippen molar-refractivity contribution in [2.24, 2.45) is 11.7 Å². The molecule has 2 unspecified atom stereocenters. The first-order chi connectivity index (χ1) is 8.15. The van der Waals surface area contributed by atoms with Crippen LogP contribution in [0, 0.1) is 12.8 Å². The van der Waals surface area contributed by atoms with Crippen molar-refractivity contribution in [3.05, 3.63) is 34.3 Å². The van der Waals surface area contributed by atoms with Crippen LogP contribution in [0.5, 0.6) is 0 Å². The molecule has 94 valence electrons. The third kappa shape index (κ3) is 3.72. The smallest absolute Gasteiger partial charge is 0.0440 e. The van der Waals surface area contributed by atoms with Crippen LogP contribution in [-0.2, 0) is 6.42 Å². The second-order valence-corrected chi connectivity index (χ2v) is 5.85. The average molecular weight is 252 g/mol. The van der Waals surface area contributed by atoms with Crippen molar-refractivity contribution < 1.29 is 0 Å². The van der Waals surface area contributed by atoms with Gasteiger partial charge in [0, 0.05) is 11.1 Å². The first-order valence-corrected chi connectivity index (χ1v) is 7.03. The molecule has 0 aromatic heterocycles. The number of hydrogen-bond acceptors (Lipinski definition) is 1. The molecule has 2 N–H and O–H groups in total. The third-order valence-electron chi connectivity index (χ3n) is 3.79. The number of benzene rings is 1. The lowest BCUT2D eigenvalue weighted by Gasteiger charge is -2.17. The summed E-state index contributed by atoms with van der Waals surface area (Å²) in [6, 6.07) is 6.78. The third-order valence-corrected chi connectivity index (χ3v) is 4.14. The molecule has 2 heteroatoms. The lowest BCUT2D eigenvalue weighted by atomic mass is 9.91. The van der Waals surface area contributed by atoms with E-state index in [0.717, 1.165) is 17.9 Å². The number of aryl methyl sites for hydroxylation is 1. The molecule has 1 aliphatic carbocycles. The molecule has 0 amide bonds. The van der Waals surface area contributed by atoms with Gasteiger partial charge in [-0.05, 0) is 49.3 Å². The molecule has 0 radical (unpaired) electrons. The molecule has 0 spiro atoms. The predicted octanol–water partition coefficient (Wildman–Crippen LogP) is 4.10. The summed E-state index contributed by atoms with van der Waals surface area (Å²) in [5.41, 5.74) is 8.63. The molecule has 0 aliphatic heterocycles. The van der Waals surface area contributed by atoms with E-state index in [9.17, 15) is 0 Å². The quantitative estimate of drug-likeness (QED) is 0.787. The Balaban J connectivity index is 2.03. The molecular formula is C15H22ClN. The summed E-state index contributed by atoms with van der Waals surface area (Å²) in [6.45, 7) is 2.08. The van der Waals surface area contributed by atoms with Gasteiger partial charge in [-0.1, -0.05) is 43.0 Å². The fraction of sp³-hybridized carbons (Fsp3) is 0.600. The first kappa shape index (κ1) is 12.9. The van der Waals surface area contributed by atoms with Crippen molar-refractivity contribution in [1.29, 1.82) is 0 Å². The van der Waals surface area contributed by atoms with Crippen LogP contribution < -0.4 is 5.73 Å². The number of halogens is 1. The van der Waals surface area contributed by atoms with Crippen LogP contribution in [0.15, 0.2) is 18.2 Å². The summed E-state index contributed by atoms with van der Waals surface area (Å²) < 4.78 is 0. The lowest BCUT2D eigenvalue weighted by Crippen LogP contribution is -2.22. The minimum Gasteiger partial charge on any atom is -0.328 e. The Morgan fingerprint density at radius 2 is 2.06 bits per heavy atom. The standard InChI is InChI=1S/C15H22ClN/c1-11-6-7-13(15(16)8-11)9-12-4-2-3-5-14(17)10-12/h6-8,12,14H,2-5,9-10,17H2,1H3. The van der Waals surface area contributed by atoms with E-state index in [1.54, 1.807) is 0 Å². The van der Waals surface area contributed by atoms with Crippen LogP contribution in [0.3, 0.4) is 0 Å². The van der Waals surface area contributed by atoms with Crippen LogP contribution in [-0.4, -0.2) is 6.04 Å². The molecule has 2 rings (SSSR count). The van der Waals surface area contributed by atoms with Gasteiger partial charge in [0.1, 0.15) is 0 Å². The average Bonchev–Trinajstić information content (AvgIpc) is 2.47. The second-order valence-electron chi connectivity index (χ2n) is 5.45. The van der Waals surface area contributed by atoms with Gasteiger partial charge in [0.2, 0.25) is 0 Å². The van der Waals surface area contributed by atoms with E-state index >= 15 is 0 Å². The van der Waals surface area contributed by atoms with Crippen LogP contribution in [0.1, 0.15) is 43.2 Å². The molecule has 1 nitrogen and oxygen atoms in total. The topological polar surface area (TPSA) is 26.0 Å². The van der Waals surface area contributed by atoms with Crippen LogP contribution in [0.25, 0.3) is 0 Å². The van der Waals surface area contributed by atoms with E-state index in [1.165, 1.54) is 36.8 Å². The highest BCUT2D eigenvalue weighted by Gasteiger charge is 2.18. The molecule has 2 atom stereocenters. The SMILES string of the molecule is Cc1ccc(CC2CCCCC(N)C2)c(Cl)c1. The molecular weight excluding hydrogens is 230 g/mol. The maximum absolute atomic E-state index is 6.29. The molecule has 0 bridgehead atoms. The molecule has 0 heterocycles. The van der Waals surface area contributed by atoms with Gasteiger partial charge in [0.15, 0.2) is 0 Å². The summed E-state index contributed by atoms with van der Waals surface area (Å²) in [4.78, 5) is 0. The fourth-order valence-corrected chi connectivity index (χ4v) is 3.13. The molecule has 1 saturated carbocycles. The van der Waals surface area contributed by atoms with Crippen LogP contribution in [0.4, 0.5) is 0 Å². The van der Waals surface area contributed by atoms with Crippen molar-refractivity contribution in [1.82, 2.24) is 0 Å². The summed E-state index contributed by atoms with van der Waals surface area (Å²) in [7, 11) is 0. The first-order valence-electron chi connectivity index (χ1n) is 6.66. The summed E-state index contributed by atoms with van der Waals surface area (Å²) in [6.07, 6.45) is 7.36. The Bertz CT molecular complexity index is 375. The zero-order valence-corrected chi connectivity index (χ0v) is 11.3. The predicted molar refractivity (Wildman–Crippen MR) is 74.4 cm³/mol. The molecule has 1 aromatic carbocycles. The van der Waals surface area contributed by atoms with E-state index in [1.807, 2.05) is 0 Å². The molecule has 1 aromatic rings. The van der Waals surface area contributed by atoms with Crippen molar-refractivity contribution in [2.75, 3.05) is 0 Å². The zero-order valence-electron chi connectivity index (χ0n) is 10.6. The maximum Gasteiger partial charge on any atom is 0.0440 e. The van der Waals surface area contributed by atoms with E-state index < -0.39 is 0 Å². The number of rotatable bonds is 2. The van der Waals surface area contributed by atoms with Crippen LogP contribution in [0.2, 0.25) is 5.02 Å². The maximum atomic E-state index is 6.29.